The van der Waals surface area contributed by atoms with Gasteiger partial charge in [-0.15, -0.1) is 0 Å². The molecule has 2 aromatic carbocycles. The molecular formula is C26H25FN4O2. The van der Waals surface area contributed by atoms with E-state index in [2.05, 4.69) is 21.2 Å². The quantitative estimate of drug-likeness (QED) is 0.468. The molecule has 1 aliphatic carbocycles. The average molecular weight is 445 g/mol. The Bertz CT molecular complexity index is 1340. The molecule has 2 aromatic heterocycles. The van der Waals surface area contributed by atoms with Gasteiger partial charge in [-0.1, -0.05) is 29.4 Å². The van der Waals surface area contributed by atoms with Crippen LogP contribution in [0.3, 0.4) is 0 Å². The van der Waals surface area contributed by atoms with E-state index in [1.807, 2.05) is 17.0 Å². The van der Waals surface area contributed by atoms with Gasteiger partial charge >= 0.3 is 0 Å². The molecule has 1 N–H and O–H groups in total. The fourth-order valence-corrected chi connectivity index (χ4v) is 5.29. The molecule has 6 rings (SSSR count). The van der Waals surface area contributed by atoms with Crippen LogP contribution in [0.5, 0.6) is 0 Å². The van der Waals surface area contributed by atoms with Crippen LogP contribution in [0.1, 0.15) is 59.1 Å². The van der Waals surface area contributed by atoms with Gasteiger partial charge in [0.05, 0.1) is 17.0 Å². The standard InChI is InChI=1S/C26H25FN4O2/c27-18-8-3-6-16(14-18)24-29-25(33-30-24)17-7-5-13-31(15-17)26(32)21-11-4-10-20-19-9-1-2-12-22(19)28-23(20)21/h3-4,6,8,10-11,14,17,28H,1-2,5,7,9,12-13,15H2. The molecule has 0 radical (unpaired) electrons. The van der Waals surface area contributed by atoms with Gasteiger partial charge in [-0.2, -0.15) is 4.98 Å². The summed E-state index contributed by atoms with van der Waals surface area (Å²) in [7, 11) is 0. The molecule has 0 bridgehead atoms. The van der Waals surface area contributed by atoms with E-state index in [1.54, 1.807) is 12.1 Å². The van der Waals surface area contributed by atoms with Crippen LogP contribution in [0.4, 0.5) is 4.39 Å². The van der Waals surface area contributed by atoms with E-state index in [0.717, 1.165) is 36.8 Å². The molecule has 2 aliphatic rings. The second-order valence-electron chi connectivity index (χ2n) is 9.07. The van der Waals surface area contributed by atoms with E-state index in [4.69, 9.17) is 4.52 Å². The van der Waals surface area contributed by atoms with Gasteiger partial charge in [0.1, 0.15) is 5.82 Å². The number of carbonyl (C=O) groups excluding carboxylic acids is 1. The Morgan fingerprint density at radius 3 is 2.91 bits per heavy atom. The van der Waals surface area contributed by atoms with Crippen molar-refractivity contribution in [2.24, 2.45) is 0 Å². The average Bonchev–Trinajstić information content (AvgIpc) is 3.49. The number of piperidine rings is 1. The lowest BCUT2D eigenvalue weighted by Crippen LogP contribution is -2.39. The second-order valence-corrected chi connectivity index (χ2v) is 9.07. The van der Waals surface area contributed by atoms with Crippen molar-refractivity contribution in [3.05, 3.63) is 71.0 Å². The number of hydrogen-bond donors (Lipinski definition) is 1. The molecule has 1 atom stereocenters. The number of aromatic nitrogens is 3. The van der Waals surface area contributed by atoms with Gasteiger partial charge in [-0.25, -0.2) is 4.39 Å². The van der Waals surface area contributed by atoms with Gasteiger partial charge in [0, 0.05) is 29.7 Å². The summed E-state index contributed by atoms with van der Waals surface area (Å²) in [4.78, 5) is 23.5. The van der Waals surface area contributed by atoms with Gasteiger partial charge in [0.25, 0.3) is 5.91 Å². The molecular weight excluding hydrogens is 419 g/mol. The van der Waals surface area contributed by atoms with E-state index in [1.165, 1.54) is 41.6 Å². The van der Waals surface area contributed by atoms with E-state index in [-0.39, 0.29) is 17.6 Å². The predicted molar refractivity (Wildman–Crippen MR) is 123 cm³/mol. The molecule has 1 amide bonds. The lowest BCUT2D eigenvalue weighted by atomic mass is 9.94. The van der Waals surface area contributed by atoms with Gasteiger partial charge < -0.3 is 14.4 Å². The number of aromatic amines is 1. The van der Waals surface area contributed by atoms with Crippen molar-refractivity contribution in [1.29, 1.82) is 0 Å². The van der Waals surface area contributed by atoms with Crippen LogP contribution >= 0.6 is 0 Å². The molecule has 1 fully saturated rings. The summed E-state index contributed by atoms with van der Waals surface area (Å²) in [6, 6.07) is 12.2. The lowest BCUT2D eigenvalue weighted by molar-refractivity contribution is 0.0697. The van der Waals surface area contributed by atoms with Crippen LogP contribution in [0, 0.1) is 5.82 Å². The molecule has 1 aliphatic heterocycles. The summed E-state index contributed by atoms with van der Waals surface area (Å²) >= 11 is 0. The Morgan fingerprint density at radius 2 is 2.00 bits per heavy atom. The highest BCUT2D eigenvalue weighted by Gasteiger charge is 2.30. The highest BCUT2D eigenvalue weighted by Crippen LogP contribution is 2.33. The molecule has 0 saturated carbocycles. The number of fused-ring (bicyclic) bond motifs is 3. The number of hydrogen-bond acceptors (Lipinski definition) is 4. The SMILES string of the molecule is O=C(c1cccc2c3c([nH]c12)CCCC3)N1CCCC(c2nc(-c3cccc(F)c3)no2)C1. The highest BCUT2D eigenvalue weighted by atomic mass is 19.1. The topological polar surface area (TPSA) is 75.0 Å². The molecule has 6 nitrogen and oxygen atoms in total. The number of halogens is 1. The third-order valence-corrected chi connectivity index (χ3v) is 6.95. The van der Waals surface area contributed by atoms with Crippen molar-refractivity contribution in [1.82, 2.24) is 20.0 Å². The predicted octanol–water partition coefficient (Wildman–Crippen LogP) is 5.26. The Kier molecular flexibility index (Phi) is 4.97. The Hall–Kier alpha value is -3.48. The summed E-state index contributed by atoms with van der Waals surface area (Å²) in [5, 5.41) is 5.23. The van der Waals surface area contributed by atoms with Gasteiger partial charge in [0.2, 0.25) is 11.7 Å². The zero-order chi connectivity index (χ0) is 22.4. The number of benzene rings is 2. The summed E-state index contributed by atoms with van der Waals surface area (Å²) in [5.41, 5.74) is 4.93. The van der Waals surface area contributed by atoms with Gasteiger partial charge in [0.15, 0.2) is 0 Å². The fraction of sp³-hybridized carbons (Fsp3) is 0.346. The van der Waals surface area contributed by atoms with E-state index < -0.39 is 0 Å². The maximum atomic E-state index is 13.6. The molecule has 7 heteroatoms. The van der Waals surface area contributed by atoms with Crippen LogP contribution < -0.4 is 0 Å². The zero-order valence-corrected chi connectivity index (χ0v) is 18.3. The number of aryl methyl sites for hydroxylation is 2. The number of amides is 1. The number of carbonyl (C=O) groups is 1. The molecule has 168 valence electrons. The van der Waals surface area contributed by atoms with E-state index >= 15 is 0 Å². The minimum Gasteiger partial charge on any atom is -0.358 e. The van der Waals surface area contributed by atoms with Gasteiger partial charge in [-0.05, 0) is 62.3 Å². The number of rotatable bonds is 3. The van der Waals surface area contributed by atoms with E-state index in [0.29, 0.717) is 30.4 Å². The normalized spacial score (nSPS) is 18.5. The van der Waals surface area contributed by atoms with Crippen molar-refractivity contribution in [2.75, 3.05) is 13.1 Å². The first-order chi connectivity index (χ1) is 16.2. The molecule has 4 aromatic rings. The Balaban J connectivity index is 1.25. The van der Waals surface area contributed by atoms with Crippen LogP contribution in [0.25, 0.3) is 22.3 Å². The largest absolute Gasteiger partial charge is 0.358 e. The summed E-state index contributed by atoms with van der Waals surface area (Å²) < 4.78 is 19.1. The maximum absolute atomic E-state index is 13.6. The molecule has 0 spiro atoms. The number of likely N-dealkylation sites (tertiary alicyclic amines) is 1. The minimum absolute atomic E-state index is 0.0337. The second kappa shape index (κ2) is 8.14. The summed E-state index contributed by atoms with van der Waals surface area (Å²) in [6.45, 7) is 1.23. The molecule has 3 heterocycles. The summed E-state index contributed by atoms with van der Waals surface area (Å²) in [5.74, 6) is 0.533. The monoisotopic (exact) mass is 444 g/mol. The van der Waals surface area contributed by atoms with Crippen molar-refractivity contribution in [3.63, 3.8) is 0 Å². The van der Waals surface area contributed by atoms with Crippen LogP contribution in [-0.4, -0.2) is 39.0 Å². The van der Waals surface area contributed by atoms with Crippen molar-refractivity contribution < 1.29 is 13.7 Å². The minimum atomic E-state index is -0.339. The number of nitrogens with zero attached hydrogens (tertiary/aromatic N) is 3. The molecule has 1 saturated heterocycles. The first kappa shape index (κ1) is 20.1. The number of H-pyrrole nitrogens is 1. The van der Waals surface area contributed by atoms with E-state index in [9.17, 15) is 9.18 Å². The van der Waals surface area contributed by atoms with Crippen molar-refractivity contribution >= 4 is 16.8 Å². The van der Waals surface area contributed by atoms with Crippen LogP contribution in [-0.2, 0) is 12.8 Å². The van der Waals surface area contributed by atoms with Crippen LogP contribution in [0.2, 0.25) is 0 Å². The first-order valence-electron chi connectivity index (χ1n) is 11.7. The third-order valence-electron chi connectivity index (χ3n) is 6.95. The fourth-order valence-electron chi connectivity index (χ4n) is 5.29. The van der Waals surface area contributed by atoms with Gasteiger partial charge in [-0.3, -0.25) is 4.79 Å². The summed E-state index contributed by atoms with van der Waals surface area (Å²) in [6.07, 6.45) is 6.26. The zero-order valence-electron chi connectivity index (χ0n) is 18.3. The smallest absolute Gasteiger partial charge is 0.256 e. The van der Waals surface area contributed by atoms with Crippen molar-refractivity contribution in [2.45, 2.75) is 44.4 Å². The Labute approximate surface area is 190 Å². The number of para-hydroxylation sites is 1. The molecule has 33 heavy (non-hydrogen) atoms. The van der Waals surface area contributed by atoms with Crippen molar-refractivity contribution in [3.8, 4) is 11.4 Å². The van der Waals surface area contributed by atoms with Crippen LogP contribution in [0.15, 0.2) is 47.0 Å². The lowest BCUT2D eigenvalue weighted by Gasteiger charge is -2.31. The third kappa shape index (κ3) is 3.61. The first-order valence-corrected chi connectivity index (χ1v) is 11.7. The highest BCUT2D eigenvalue weighted by molar-refractivity contribution is 6.06. The number of nitrogens with one attached hydrogen (secondary N) is 1. The molecule has 1 unspecified atom stereocenters. The Morgan fingerprint density at radius 1 is 1.12 bits per heavy atom. The maximum Gasteiger partial charge on any atom is 0.256 e.